The second-order valence-electron chi connectivity index (χ2n) is 5.00. The van der Waals surface area contributed by atoms with Crippen LogP contribution >= 0.6 is 11.8 Å². The van der Waals surface area contributed by atoms with Crippen LogP contribution in [0, 0.1) is 0 Å². The summed E-state index contributed by atoms with van der Waals surface area (Å²) >= 11 is 1.80. The SMILES string of the molecule is COc1ccccc1C(=O)N1c2ccccc2SCC1C. The van der Waals surface area contributed by atoms with Crippen LogP contribution in [0.3, 0.4) is 0 Å². The molecule has 0 N–H and O–H groups in total. The number of fused-ring (bicyclic) bond motifs is 1. The van der Waals surface area contributed by atoms with Gasteiger partial charge in [0, 0.05) is 16.7 Å². The van der Waals surface area contributed by atoms with E-state index < -0.39 is 0 Å². The van der Waals surface area contributed by atoms with Gasteiger partial charge >= 0.3 is 0 Å². The number of amides is 1. The minimum Gasteiger partial charge on any atom is -0.496 e. The highest BCUT2D eigenvalue weighted by Gasteiger charge is 2.30. The van der Waals surface area contributed by atoms with E-state index in [0.717, 1.165) is 16.3 Å². The fourth-order valence-corrected chi connectivity index (χ4v) is 3.62. The molecule has 3 rings (SSSR count). The molecule has 3 nitrogen and oxygen atoms in total. The Morgan fingerprint density at radius 3 is 2.71 bits per heavy atom. The molecule has 1 amide bonds. The topological polar surface area (TPSA) is 29.5 Å². The van der Waals surface area contributed by atoms with Crippen molar-refractivity contribution in [3.63, 3.8) is 0 Å². The van der Waals surface area contributed by atoms with Gasteiger partial charge in [0.1, 0.15) is 5.75 Å². The van der Waals surface area contributed by atoms with Crippen LogP contribution in [0.15, 0.2) is 53.4 Å². The third-order valence-electron chi connectivity index (χ3n) is 3.60. The summed E-state index contributed by atoms with van der Waals surface area (Å²) in [5.41, 5.74) is 1.59. The minimum atomic E-state index is -0.00676. The zero-order valence-corrected chi connectivity index (χ0v) is 12.9. The van der Waals surface area contributed by atoms with Gasteiger partial charge in [-0.3, -0.25) is 4.79 Å². The van der Waals surface area contributed by atoms with Crippen LogP contribution in [-0.4, -0.2) is 24.8 Å². The predicted octanol–water partition coefficient (Wildman–Crippen LogP) is 3.84. The zero-order valence-electron chi connectivity index (χ0n) is 12.1. The van der Waals surface area contributed by atoms with Crippen molar-refractivity contribution in [1.82, 2.24) is 0 Å². The van der Waals surface area contributed by atoms with E-state index in [9.17, 15) is 4.79 Å². The molecule has 1 heterocycles. The Hall–Kier alpha value is -1.94. The average molecular weight is 299 g/mol. The summed E-state index contributed by atoms with van der Waals surface area (Å²) in [6.07, 6.45) is 0. The predicted molar refractivity (Wildman–Crippen MR) is 86.4 cm³/mol. The third kappa shape index (κ3) is 2.51. The van der Waals surface area contributed by atoms with Crippen LogP contribution in [0.25, 0.3) is 0 Å². The molecule has 0 radical (unpaired) electrons. The first-order valence-electron chi connectivity index (χ1n) is 6.91. The Morgan fingerprint density at radius 1 is 1.19 bits per heavy atom. The number of hydrogen-bond donors (Lipinski definition) is 0. The maximum absolute atomic E-state index is 13.0. The Labute approximate surface area is 128 Å². The number of anilines is 1. The molecule has 1 unspecified atom stereocenters. The van der Waals surface area contributed by atoms with Crippen LogP contribution < -0.4 is 9.64 Å². The lowest BCUT2D eigenvalue weighted by atomic mass is 10.1. The van der Waals surface area contributed by atoms with Crippen molar-refractivity contribution in [3.8, 4) is 5.75 Å². The molecule has 0 spiro atoms. The van der Waals surface area contributed by atoms with Crippen LogP contribution in [-0.2, 0) is 0 Å². The first-order chi connectivity index (χ1) is 10.2. The van der Waals surface area contributed by atoms with Gasteiger partial charge in [0.15, 0.2) is 0 Å². The van der Waals surface area contributed by atoms with Crippen LogP contribution in [0.1, 0.15) is 17.3 Å². The average Bonchev–Trinajstić information content (AvgIpc) is 2.54. The normalized spacial score (nSPS) is 17.2. The largest absolute Gasteiger partial charge is 0.496 e. The minimum absolute atomic E-state index is 0.00676. The molecular weight excluding hydrogens is 282 g/mol. The van der Waals surface area contributed by atoms with E-state index in [-0.39, 0.29) is 11.9 Å². The number of ether oxygens (including phenoxy) is 1. The summed E-state index contributed by atoms with van der Waals surface area (Å²) in [4.78, 5) is 16.0. The molecule has 2 aromatic carbocycles. The number of rotatable bonds is 2. The van der Waals surface area contributed by atoms with Gasteiger partial charge in [-0.05, 0) is 31.2 Å². The van der Waals surface area contributed by atoms with E-state index in [2.05, 4.69) is 13.0 Å². The molecule has 2 aromatic rings. The summed E-state index contributed by atoms with van der Waals surface area (Å²) in [6, 6.07) is 15.6. The maximum Gasteiger partial charge on any atom is 0.262 e. The molecule has 0 aromatic heterocycles. The van der Waals surface area contributed by atoms with Crippen molar-refractivity contribution >= 4 is 23.4 Å². The van der Waals surface area contributed by atoms with Crippen molar-refractivity contribution in [2.24, 2.45) is 0 Å². The Kier molecular flexibility index (Phi) is 3.88. The Morgan fingerprint density at radius 2 is 1.90 bits per heavy atom. The van der Waals surface area contributed by atoms with Crippen LogP contribution in [0.4, 0.5) is 5.69 Å². The lowest BCUT2D eigenvalue weighted by Crippen LogP contribution is -2.42. The standard InChI is InChI=1S/C17H17NO2S/c1-12-11-21-16-10-6-4-8-14(16)18(12)17(19)13-7-3-5-9-15(13)20-2/h3-10,12H,11H2,1-2H3. The molecule has 0 saturated heterocycles. The van der Waals surface area contributed by atoms with Crippen molar-refractivity contribution in [3.05, 3.63) is 54.1 Å². The molecule has 108 valence electrons. The van der Waals surface area contributed by atoms with Crippen molar-refractivity contribution in [2.75, 3.05) is 17.8 Å². The molecule has 21 heavy (non-hydrogen) atoms. The first-order valence-corrected chi connectivity index (χ1v) is 7.89. The first kappa shape index (κ1) is 14.0. The number of nitrogens with zero attached hydrogens (tertiary/aromatic N) is 1. The van der Waals surface area contributed by atoms with Gasteiger partial charge in [-0.2, -0.15) is 0 Å². The van der Waals surface area contributed by atoms with Gasteiger partial charge in [-0.25, -0.2) is 0 Å². The molecular formula is C17H17NO2S. The monoisotopic (exact) mass is 299 g/mol. The van der Waals surface area contributed by atoms with Gasteiger partial charge in [-0.15, -0.1) is 11.8 Å². The fraction of sp³-hybridized carbons (Fsp3) is 0.235. The third-order valence-corrected chi connectivity index (χ3v) is 4.91. The Bertz CT molecular complexity index is 671. The van der Waals surface area contributed by atoms with Crippen molar-refractivity contribution in [2.45, 2.75) is 17.9 Å². The lowest BCUT2D eigenvalue weighted by Gasteiger charge is -2.35. The molecule has 0 bridgehead atoms. The van der Waals surface area contributed by atoms with Crippen molar-refractivity contribution < 1.29 is 9.53 Å². The number of hydrogen-bond acceptors (Lipinski definition) is 3. The van der Waals surface area contributed by atoms with E-state index in [1.807, 2.05) is 47.4 Å². The van der Waals surface area contributed by atoms with Gasteiger partial charge < -0.3 is 9.64 Å². The van der Waals surface area contributed by atoms with E-state index in [0.29, 0.717) is 11.3 Å². The Balaban J connectivity index is 2.05. The molecule has 1 atom stereocenters. The van der Waals surface area contributed by atoms with E-state index in [1.54, 1.807) is 18.9 Å². The number of benzene rings is 2. The smallest absolute Gasteiger partial charge is 0.262 e. The molecule has 1 aliphatic heterocycles. The highest BCUT2D eigenvalue weighted by molar-refractivity contribution is 7.99. The molecule has 0 saturated carbocycles. The number of carbonyl (C=O) groups excluding carboxylic acids is 1. The lowest BCUT2D eigenvalue weighted by molar-refractivity contribution is 0.0976. The summed E-state index contributed by atoms with van der Waals surface area (Å²) in [6.45, 7) is 2.08. The number of carbonyl (C=O) groups is 1. The molecule has 0 aliphatic carbocycles. The van der Waals surface area contributed by atoms with E-state index in [4.69, 9.17) is 4.74 Å². The maximum atomic E-state index is 13.0. The summed E-state index contributed by atoms with van der Waals surface area (Å²) in [5, 5.41) is 0. The quantitative estimate of drug-likeness (QED) is 0.844. The number of para-hydroxylation sites is 2. The van der Waals surface area contributed by atoms with Gasteiger partial charge in [0.05, 0.1) is 18.4 Å². The van der Waals surface area contributed by atoms with Crippen molar-refractivity contribution in [1.29, 1.82) is 0 Å². The zero-order chi connectivity index (χ0) is 14.8. The second-order valence-corrected chi connectivity index (χ2v) is 6.07. The van der Waals surface area contributed by atoms with Crippen LogP contribution in [0.2, 0.25) is 0 Å². The highest BCUT2D eigenvalue weighted by Crippen LogP contribution is 2.38. The van der Waals surface area contributed by atoms with E-state index >= 15 is 0 Å². The fourth-order valence-electron chi connectivity index (χ4n) is 2.56. The van der Waals surface area contributed by atoms with Crippen LogP contribution in [0.5, 0.6) is 5.75 Å². The second kappa shape index (κ2) is 5.82. The van der Waals surface area contributed by atoms with Gasteiger partial charge in [-0.1, -0.05) is 24.3 Å². The summed E-state index contributed by atoms with van der Waals surface area (Å²) in [5.74, 6) is 1.51. The van der Waals surface area contributed by atoms with Gasteiger partial charge in [0.2, 0.25) is 0 Å². The highest BCUT2D eigenvalue weighted by atomic mass is 32.2. The molecule has 4 heteroatoms. The molecule has 0 fully saturated rings. The number of thioether (sulfide) groups is 1. The summed E-state index contributed by atoms with van der Waals surface area (Å²) < 4.78 is 5.33. The number of methoxy groups -OCH3 is 1. The van der Waals surface area contributed by atoms with E-state index in [1.165, 1.54) is 0 Å². The molecule has 1 aliphatic rings. The summed E-state index contributed by atoms with van der Waals surface area (Å²) in [7, 11) is 1.59. The van der Waals surface area contributed by atoms with Gasteiger partial charge in [0.25, 0.3) is 5.91 Å².